The Bertz CT molecular complexity index is 411. The van der Waals surface area contributed by atoms with Crippen LogP contribution in [0, 0.1) is 5.82 Å². The highest BCUT2D eigenvalue weighted by Crippen LogP contribution is 2.10. The van der Waals surface area contributed by atoms with Gasteiger partial charge in [0.25, 0.3) is 5.91 Å². The molecule has 1 aromatic carbocycles. The summed E-state index contributed by atoms with van der Waals surface area (Å²) in [7, 11) is 0. The summed E-state index contributed by atoms with van der Waals surface area (Å²) in [6.45, 7) is 2.36. The average molecular weight is 271 g/mol. The normalized spacial score (nSPS) is 9.44. The van der Waals surface area contributed by atoms with Crippen LogP contribution in [0.4, 0.5) is 4.39 Å². The van der Waals surface area contributed by atoms with Crippen molar-refractivity contribution in [3.63, 3.8) is 0 Å². The Morgan fingerprint density at radius 1 is 1.33 bits per heavy atom. The second-order valence-electron chi connectivity index (χ2n) is 3.28. The van der Waals surface area contributed by atoms with Crippen LogP contribution in [0.25, 0.3) is 0 Å². The van der Waals surface area contributed by atoms with Crippen molar-refractivity contribution in [1.29, 1.82) is 0 Å². The lowest BCUT2D eigenvalue weighted by atomic mass is 10.3. The largest absolute Gasteiger partial charge is 0.484 e. The van der Waals surface area contributed by atoms with Crippen LogP contribution in [-0.4, -0.2) is 24.2 Å². The molecule has 0 saturated carbocycles. The molecule has 3 N–H and O–H groups in total. The van der Waals surface area contributed by atoms with E-state index in [0.29, 0.717) is 17.4 Å². The van der Waals surface area contributed by atoms with Gasteiger partial charge >= 0.3 is 0 Å². The summed E-state index contributed by atoms with van der Waals surface area (Å²) >= 11 is 4.84. The highest BCUT2D eigenvalue weighted by atomic mass is 32.1. The molecule has 0 aliphatic rings. The average Bonchev–Trinajstić information content (AvgIpc) is 2.36. The lowest BCUT2D eigenvalue weighted by molar-refractivity contribution is -0.123. The summed E-state index contributed by atoms with van der Waals surface area (Å²) in [5, 5.41) is 3.13. The third kappa shape index (κ3) is 5.44. The minimum atomic E-state index is -0.389. The third-order valence-electron chi connectivity index (χ3n) is 1.84. The van der Waals surface area contributed by atoms with Gasteiger partial charge in [-0.2, -0.15) is 0 Å². The first-order valence-electron chi connectivity index (χ1n) is 5.33. The van der Waals surface area contributed by atoms with E-state index < -0.39 is 0 Å². The Balaban J connectivity index is 2.24. The molecular formula is C11H14FN3O2S. The van der Waals surface area contributed by atoms with Crippen molar-refractivity contribution < 1.29 is 13.9 Å². The van der Waals surface area contributed by atoms with Crippen LogP contribution < -0.4 is 20.9 Å². The molecule has 0 radical (unpaired) electrons. The SMILES string of the molecule is CCNC(=S)NNC(=O)COc1ccc(F)cc1. The molecule has 7 heteroatoms. The zero-order valence-electron chi connectivity index (χ0n) is 9.83. The predicted molar refractivity (Wildman–Crippen MR) is 69.4 cm³/mol. The molecule has 0 aliphatic carbocycles. The smallest absolute Gasteiger partial charge is 0.276 e. The summed E-state index contributed by atoms with van der Waals surface area (Å²) in [6.07, 6.45) is 0. The standard InChI is InChI=1S/C11H14FN3O2S/c1-2-13-11(18)15-14-10(16)7-17-9-5-3-8(12)4-6-9/h3-6H,2,7H2,1H3,(H,14,16)(H2,13,15,18). The topological polar surface area (TPSA) is 62.4 Å². The first-order valence-corrected chi connectivity index (χ1v) is 5.73. The number of thiocarbonyl (C=S) groups is 1. The molecule has 0 atom stereocenters. The van der Waals surface area contributed by atoms with E-state index in [-0.39, 0.29) is 18.3 Å². The summed E-state index contributed by atoms with van der Waals surface area (Å²) in [5.41, 5.74) is 4.87. The van der Waals surface area contributed by atoms with Crippen molar-refractivity contribution in [3.8, 4) is 5.75 Å². The number of hydrazine groups is 1. The minimum absolute atomic E-state index is 0.187. The number of carbonyl (C=O) groups excluding carboxylic acids is 1. The van der Waals surface area contributed by atoms with E-state index in [9.17, 15) is 9.18 Å². The Labute approximate surface area is 110 Å². The van der Waals surface area contributed by atoms with Crippen LogP contribution >= 0.6 is 12.2 Å². The molecule has 18 heavy (non-hydrogen) atoms. The number of amides is 1. The lowest BCUT2D eigenvalue weighted by Crippen LogP contribution is -2.48. The van der Waals surface area contributed by atoms with E-state index >= 15 is 0 Å². The van der Waals surface area contributed by atoms with Crippen molar-refractivity contribution >= 4 is 23.2 Å². The highest BCUT2D eigenvalue weighted by Gasteiger charge is 2.03. The van der Waals surface area contributed by atoms with Gasteiger partial charge in [0, 0.05) is 6.54 Å². The molecule has 0 aromatic heterocycles. The van der Waals surface area contributed by atoms with E-state index in [4.69, 9.17) is 17.0 Å². The van der Waals surface area contributed by atoms with Gasteiger partial charge in [0.15, 0.2) is 11.7 Å². The third-order valence-corrected chi connectivity index (χ3v) is 2.08. The van der Waals surface area contributed by atoms with Crippen LogP contribution in [0.1, 0.15) is 6.92 Å². The molecule has 0 saturated heterocycles. The highest BCUT2D eigenvalue weighted by molar-refractivity contribution is 7.80. The van der Waals surface area contributed by atoms with Gasteiger partial charge in [-0.05, 0) is 43.4 Å². The van der Waals surface area contributed by atoms with E-state index in [2.05, 4.69) is 16.2 Å². The van der Waals surface area contributed by atoms with Gasteiger partial charge in [-0.25, -0.2) is 4.39 Å². The molecule has 1 aromatic rings. The van der Waals surface area contributed by atoms with Gasteiger partial charge in [-0.15, -0.1) is 0 Å². The Morgan fingerprint density at radius 3 is 2.61 bits per heavy atom. The van der Waals surface area contributed by atoms with Gasteiger partial charge in [-0.3, -0.25) is 15.6 Å². The van der Waals surface area contributed by atoms with Crippen LogP contribution in [0.3, 0.4) is 0 Å². The number of hydrogen-bond acceptors (Lipinski definition) is 3. The van der Waals surface area contributed by atoms with E-state index in [1.807, 2.05) is 6.92 Å². The number of carbonyl (C=O) groups is 1. The fourth-order valence-electron chi connectivity index (χ4n) is 1.05. The fraction of sp³-hybridized carbons (Fsp3) is 0.273. The molecule has 5 nitrogen and oxygen atoms in total. The van der Waals surface area contributed by atoms with E-state index in [1.165, 1.54) is 24.3 Å². The van der Waals surface area contributed by atoms with Gasteiger partial charge < -0.3 is 10.1 Å². The van der Waals surface area contributed by atoms with Crippen molar-refractivity contribution in [2.75, 3.05) is 13.2 Å². The molecule has 0 bridgehead atoms. The summed E-state index contributed by atoms with van der Waals surface area (Å²) in [5.74, 6) is -0.329. The Hall–Kier alpha value is -1.89. The molecule has 0 fully saturated rings. The van der Waals surface area contributed by atoms with Crippen molar-refractivity contribution in [2.45, 2.75) is 6.92 Å². The molecule has 0 unspecified atom stereocenters. The minimum Gasteiger partial charge on any atom is -0.484 e. The molecule has 98 valence electrons. The maximum absolute atomic E-state index is 12.6. The summed E-state index contributed by atoms with van der Waals surface area (Å²) in [4.78, 5) is 11.3. The summed E-state index contributed by atoms with van der Waals surface area (Å²) < 4.78 is 17.7. The molecule has 0 spiro atoms. The second kappa shape index (κ2) is 7.44. The maximum Gasteiger partial charge on any atom is 0.276 e. The maximum atomic E-state index is 12.6. The van der Waals surface area contributed by atoms with E-state index in [0.717, 1.165) is 0 Å². The first-order chi connectivity index (χ1) is 8.61. The van der Waals surface area contributed by atoms with Crippen molar-refractivity contribution in [2.24, 2.45) is 0 Å². The number of rotatable bonds is 4. The molecule has 1 amide bonds. The number of nitrogens with one attached hydrogen (secondary N) is 3. The van der Waals surface area contributed by atoms with Crippen molar-refractivity contribution in [3.05, 3.63) is 30.1 Å². The predicted octanol–water partition coefficient (Wildman–Crippen LogP) is 0.720. The first kappa shape index (κ1) is 14.2. The van der Waals surface area contributed by atoms with Crippen LogP contribution in [0.2, 0.25) is 0 Å². The van der Waals surface area contributed by atoms with Gasteiger partial charge in [-0.1, -0.05) is 0 Å². The van der Waals surface area contributed by atoms with E-state index in [1.54, 1.807) is 0 Å². The number of ether oxygens (including phenoxy) is 1. The summed E-state index contributed by atoms with van der Waals surface area (Å²) in [6, 6.07) is 5.40. The van der Waals surface area contributed by atoms with Crippen molar-refractivity contribution in [1.82, 2.24) is 16.2 Å². The monoisotopic (exact) mass is 271 g/mol. The molecule has 0 aliphatic heterocycles. The quantitative estimate of drug-likeness (QED) is 0.556. The number of halogens is 1. The van der Waals surface area contributed by atoms with Gasteiger partial charge in [0.05, 0.1) is 0 Å². The Morgan fingerprint density at radius 2 is 2.00 bits per heavy atom. The zero-order valence-corrected chi connectivity index (χ0v) is 10.6. The zero-order chi connectivity index (χ0) is 13.4. The molecule has 1 rings (SSSR count). The number of hydrogen-bond donors (Lipinski definition) is 3. The molecular weight excluding hydrogens is 257 g/mol. The fourth-order valence-corrected chi connectivity index (χ4v) is 1.24. The van der Waals surface area contributed by atoms with Crippen LogP contribution in [0.5, 0.6) is 5.75 Å². The Kier molecular flexibility index (Phi) is 5.86. The second-order valence-corrected chi connectivity index (χ2v) is 3.68. The van der Waals surface area contributed by atoms with Gasteiger partial charge in [0.1, 0.15) is 11.6 Å². The van der Waals surface area contributed by atoms with Gasteiger partial charge in [0.2, 0.25) is 0 Å². The lowest BCUT2D eigenvalue weighted by Gasteiger charge is -2.10. The molecule has 0 heterocycles. The van der Waals surface area contributed by atoms with Crippen LogP contribution in [-0.2, 0) is 4.79 Å². The number of benzene rings is 1. The van der Waals surface area contributed by atoms with Crippen LogP contribution in [0.15, 0.2) is 24.3 Å².